The fraction of sp³-hybridized carbons (Fsp3) is 0.583. The molecule has 5 nitrogen and oxygen atoms in total. The fourth-order valence-electron chi connectivity index (χ4n) is 1.29. The highest BCUT2D eigenvalue weighted by molar-refractivity contribution is 5.28. The molecule has 0 atom stereocenters. The van der Waals surface area contributed by atoms with Crippen LogP contribution in [0.2, 0.25) is 0 Å². The van der Waals surface area contributed by atoms with Crippen LogP contribution in [0.25, 0.3) is 0 Å². The fourth-order valence-corrected chi connectivity index (χ4v) is 1.29. The average molecular weight is 241 g/mol. The van der Waals surface area contributed by atoms with Crippen LogP contribution >= 0.6 is 0 Å². The smallest absolute Gasteiger partial charge is 0.143 e. The van der Waals surface area contributed by atoms with E-state index in [0.29, 0.717) is 32.2 Å². The summed E-state index contributed by atoms with van der Waals surface area (Å²) in [6.45, 7) is 2.29. The van der Waals surface area contributed by atoms with E-state index in [4.69, 9.17) is 19.3 Å². The van der Waals surface area contributed by atoms with Gasteiger partial charge in [-0.2, -0.15) is 0 Å². The lowest BCUT2D eigenvalue weighted by Crippen LogP contribution is -2.09. The number of aliphatic hydroxyl groups is 1. The summed E-state index contributed by atoms with van der Waals surface area (Å²) in [6.07, 6.45) is 4.10. The number of rotatable bonds is 9. The number of methoxy groups -OCH3 is 1. The van der Waals surface area contributed by atoms with Crippen LogP contribution in [-0.4, -0.2) is 43.6 Å². The summed E-state index contributed by atoms with van der Waals surface area (Å²) in [7, 11) is 1.67. The molecule has 96 valence electrons. The van der Waals surface area contributed by atoms with Gasteiger partial charge in [-0.3, -0.25) is 4.98 Å². The molecule has 0 spiro atoms. The summed E-state index contributed by atoms with van der Waals surface area (Å²) in [4.78, 5) is 3.94. The third-order valence-electron chi connectivity index (χ3n) is 2.16. The van der Waals surface area contributed by atoms with Gasteiger partial charge in [-0.05, 0) is 12.5 Å². The minimum absolute atomic E-state index is 0.0491. The second-order valence-corrected chi connectivity index (χ2v) is 3.45. The first-order chi connectivity index (χ1) is 8.38. The van der Waals surface area contributed by atoms with E-state index < -0.39 is 0 Å². The summed E-state index contributed by atoms with van der Waals surface area (Å²) in [6, 6.07) is 1.73. The number of hydrogen-bond acceptors (Lipinski definition) is 5. The number of pyridine rings is 1. The Morgan fingerprint density at radius 2 is 2.12 bits per heavy atom. The first-order valence-electron chi connectivity index (χ1n) is 5.61. The molecule has 0 aliphatic carbocycles. The minimum atomic E-state index is -0.0491. The molecule has 1 aromatic heterocycles. The second-order valence-electron chi connectivity index (χ2n) is 3.45. The van der Waals surface area contributed by atoms with Gasteiger partial charge < -0.3 is 19.3 Å². The monoisotopic (exact) mass is 241 g/mol. The van der Waals surface area contributed by atoms with Gasteiger partial charge in [0.05, 0.1) is 19.4 Å². The van der Waals surface area contributed by atoms with Crippen molar-refractivity contribution in [3.05, 3.63) is 24.0 Å². The summed E-state index contributed by atoms with van der Waals surface area (Å²) in [5.74, 6) is 0.607. The van der Waals surface area contributed by atoms with Crippen molar-refractivity contribution in [2.24, 2.45) is 0 Å². The van der Waals surface area contributed by atoms with Crippen LogP contribution in [0.15, 0.2) is 18.5 Å². The lowest BCUT2D eigenvalue weighted by Gasteiger charge is -2.09. The topological polar surface area (TPSA) is 60.8 Å². The van der Waals surface area contributed by atoms with E-state index in [1.807, 2.05) is 0 Å². The molecule has 1 N–H and O–H groups in total. The quantitative estimate of drug-likeness (QED) is 0.654. The molecule has 0 bridgehead atoms. The molecule has 0 unspecified atom stereocenters. The van der Waals surface area contributed by atoms with Gasteiger partial charge in [0, 0.05) is 32.1 Å². The van der Waals surface area contributed by atoms with E-state index in [9.17, 15) is 0 Å². The maximum absolute atomic E-state index is 9.07. The van der Waals surface area contributed by atoms with Gasteiger partial charge in [0.15, 0.2) is 0 Å². The first kappa shape index (κ1) is 13.9. The van der Waals surface area contributed by atoms with Crippen molar-refractivity contribution >= 4 is 0 Å². The summed E-state index contributed by atoms with van der Waals surface area (Å²) >= 11 is 0. The molecule has 0 radical (unpaired) electrons. The molecule has 1 aromatic rings. The molecule has 0 aliphatic rings. The molecule has 5 heteroatoms. The molecule has 1 heterocycles. The molecule has 0 saturated heterocycles. The van der Waals surface area contributed by atoms with Crippen molar-refractivity contribution < 1.29 is 19.3 Å². The van der Waals surface area contributed by atoms with E-state index in [1.54, 1.807) is 25.6 Å². The van der Waals surface area contributed by atoms with Crippen LogP contribution in [0.5, 0.6) is 5.75 Å². The highest BCUT2D eigenvalue weighted by Gasteiger charge is 2.01. The van der Waals surface area contributed by atoms with Crippen LogP contribution in [-0.2, 0) is 16.1 Å². The maximum atomic E-state index is 9.07. The van der Waals surface area contributed by atoms with Gasteiger partial charge in [0.1, 0.15) is 12.4 Å². The number of ether oxygens (including phenoxy) is 3. The van der Waals surface area contributed by atoms with Crippen molar-refractivity contribution in [3.8, 4) is 5.75 Å². The maximum Gasteiger partial charge on any atom is 0.143 e. The molecule has 0 amide bonds. The second kappa shape index (κ2) is 8.92. The number of nitrogens with zero attached hydrogens (tertiary/aromatic N) is 1. The Labute approximate surface area is 101 Å². The minimum Gasteiger partial charge on any atom is -0.489 e. The molecular formula is C12H19NO4. The van der Waals surface area contributed by atoms with Crippen molar-refractivity contribution in [2.75, 3.05) is 33.5 Å². The van der Waals surface area contributed by atoms with Gasteiger partial charge in [0.25, 0.3) is 0 Å². The molecule has 0 aromatic carbocycles. The molecule has 0 fully saturated rings. The SMILES string of the molecule is COCCCOCCOc1cnccc1CO. The number of hydrogen-bond donors (Lipinski definition) is 1. The largest absolute Gasteiger partial charge is 0.489 e. The van der Waals surface area contributed by atoms with Crippen molar-refractivity contribution in [3.63, 3.8) is 0 Å². The first-order valence-corrected chi connectivity index (χ1v) is 5.61. The normalized spacial score (nSPS) is 10.5. The Hall–Kier alpha value is -1.17. The van der Waals surface area contributed by atoms with Crippen molar-refractivity contribution in [1.82, 2.24) is 4.98 Å². The van der Waals surface area contributed by atoms with E-state index in [-0.39, 0.29) is 6.61 Å². The molecular weight excluding hydrogens is 222 g/mol. The third kappa shape index (κ3) is 5.63. The average Bonchev–Trinajstić information content (AvgIpc) is 2.38. The Bertz CT molecular complexity index is 306. The van der Waals surface area contributed by atoms with Crippen LogP contribution < -0.4 is 4.74 Å². The van der Waals surface area contributed by atoms with Gasteiger partial charge in [0.2, 0.25) is 0 Å². The van der Waals surface area contributed by atoms with E-state index in [0.717, 1.165) is 12.0 Å². The van der Waals surface area contributed by atoms with Crippen LogP contribution in [0, 0.1) is 0 Å². The summed E-state index contributed by atoms with van der Waals surface area (Å²) in [5.41, 5.74) is 0.736. The molecule has 0 saturated carbocycles. The Morgan fingerprint density at radius 3 is 2.88 bits per heavy atom. The molecule has 0 aliphatic heterocycles. The predicted octanol–water partition coefficient (Wildman–Crippen LogP) is 1.01. The van der Waals surface area contributed by atoms with Crippen LogP contribution in [0.4, 0.5) is 0 Å². The van der Waals surface area contributed by atoms with Gasteiger partial charge >= 0.3 is 0 Å². The van der Waals surface area contributed by atoms with Gasteiger partial charge in [-0.1, -0.05) is 0 Å². The third-order valence-corrected chi connectivity index (χ3v) is 2.16. The predicted molar refractivity (Wildman–Crippen MR) is 63.0 cm³/mol. The highest BCUT2D eigenvalue weighted by atomic mass is 16.5. The zero-order chi connectivity index (χ0) is 12.3. The van der Waals surface area contributed by atoms with E-state index in [1.165, 1.54) is 0 Å². The van der Waals surface area contributed by atoms with Crippen molar-refractivity contribution in [1.29, 1.82) is 0 Å². The zero-order valence-electron chi connectivity index (χ0n) is 10.1. The Kier molecular flexibility index (Phi) is 7.29. The van der Waals surface area contributed by atoms with Crippen LogP contribution in [0.3, 0.4) is 0 Å². The lowest BCUT2D eigenvalue weighted by atomic mass is 10.2. The van der Waals surface area contributed by atoms with Gasteiger partial charge in [-0.25, -0.2) is 0 Å². The Balaban J connectivity index is 2.13. The number of aliphatic hydroxyl groups excluding tert-OH is 1. The van der Waals surface area contributed by atoms with Gasteiger partial charge in [-0.15, -0.1) is 0 Å². The standard InChI is InChI=1S/C12H19NO4/c1-15-5-2-6-16-7-8-17-12-9-13-4-3-11(12)10-14/h3-4,9,14H,2,5-8,10H2,1H3. The van der Waals surface area contributed by atoms with Crippen LogP contribution in [0.1, 0.15) is 12.0 Å². The summed E-state index contributed by atoms with van der Waals surface area (Å²) < 4.78 is 15.7. The highest BCUT2D eigenvalue weighted by Crippen LogP contribution is 2.15. The van der Waals surface area contributed by atoms with E-state index >= 15 is 0 Å². The summed E-state index contributed by atoms with van der Waals surface area (Å²) in [5, 5.41) is 9.07. The zero-order valence-corrected chi connectivity index (χ0v) is 10.1. The number of aromatic nitrogens is 1. The van der Waals surface area contributed by atoms with Crippen molar-refractivity contribution in [2.45, 2.75) is 13.0 Å². The molecule has 1 rings (SSSR count). The molecule has 17 heavy (non-hydrogen) atoms. The Morgan fingerprint density at radius 1 is 1.24 bits per heavy atom. The lowest BCUT2D eigenvalue weighted by molar-refractivity contribution is 0.0799. The van der Waals surface area contributed by atoms with E-state index in [2.05, 4.69) is 4.98 Å².